The summed E-state index contributed by atoms with van der Waals surface area (Å²) in [6, 6.07) is 0. The van der Waals surface area contributed by atoms with Crippen molar-refractivity contribution >= 4 is 5.97 Å². The van der Waals surface area contributed by atoms with Gasteiger partial charge in [-0.2, -0.15) is 0 Å². The van der Waals surface area contributed by atoms with Crippen molar-refractivity contribution in [3.63, 3.8) is 0 Å². The van der Waals surface area contributed by atoms with Crippen LogP contribution in [0.15, 0.2) is 11.6 Å². The van der Waals surface area contributed by atoms with E-state index in [1.807, 2.05) is 14.1 Å². The van der Waals surface area contributed by atoms with Crippen LogP contribution in [0.2, 0.25) is 0 Å². The molecule has 4 unspecified atom stereocenters. The van der Waals surface area contributed by atoms with E-state index in [-0.39, 0.29) is 30.0 Å². The van der Waals surface area contributed by atoms with Crippen LogP contribution in [-0.2, 0) is 14.3 Å². The summed E-state index contributed by atoms with van der Waals surface area (Å²) in [5.74, 6) is 0.208. The second kappa shape index (κ2) is 7.41. The highest BCUT2D eigenvalue weighted by Crippen LogP contribution is 2.34. The molecule has 0 spiro atoms. The number of carbonyl (C=O) groups excluding carboxylic acids is 1. The molecule has 2 aliphatic heterocycles. The molecule has 0 saturated carbocycles. The van der Waals surface area contributed by atoms with Crippen LogP contribution in [0.1, 0.15) is 39.5 Å². The normalized spacial score (nSPS) is 34.9. The van der Waals surface area contributed by atoms with E-state index in [2.05, 4.69) is 24.8 Å². The predicted molar refractivity (Wildman–Crippen MR) is 83.1 cm³/mol. The van der Waals surface area contributed by atoms with Crippen LogP contribution in [0.3, 0.4) is 0 Å². The molecule has 2 heterocycles. The van der Waals surface area contributed by atoms with Gasteiger partial charge in [0.05, 0.1) is 18.6 Å². The minimum absolute atomic E-state index is 0.0162. The van der Waals surface area contributed by atoms with Crippen molar-refractivity contribution in [2.75, 3.05) is 27.2 Å². The average Bonchev–Trinajstić information content (AvgIpc) is 2.68. The van der Waals surface area contributed by atoms with Crippen molar-refractivity contribution in [2.45, 2.75) is 51.7 Å². The third-order valence-corrected chi connectivity index (χ3v) is 4.61. The maximum atomic E-state index is 12.2. The molecule has 4 heteroatoms. The molecule has 0 bridgehead atoms. The molecule has 4 atom stereocenters. The van der Waals surface area contributed by atoms with E-state index in [9.17, 15) is 4.79 Å². The topological polar surface area (TPSA) is 38.8 Å². The van der Waals surface area contributed by atoms with Crippen LogP contribution < -0.4 is 0 Å². The van der Waals surface area contributed by atoms with Crippen molar-refractivity contribution < 1.29 is 14.3 Å². The quantitative estimate of drug-likeness (QED) is 0.580. The fourth-order valence-corrected chi connectivity index (χ4v) is 3.31. The summed E-state index contributed by atoms with van der Waals surface area (Å²) in [5.41, 5.74) is 1.42. The molecular weight excluding hydrogens is 266 g/mol. The number of carbonyl (C=O) groups is 1. The molecule has 2 aliphatic rings. The number of rotatable bonds is 2. The van der Waals surface area contributed by atoms with Gasteiger partial charge in [-0.25, -0.2) is 0 Å². The Morgan fingerprint density at radius 3 is 2.81 bits per heavy atom. The molecule has 21 heavy (non-hydrogen) atoms. The fourth-order valence-electron chi connectivity index (χ4n) is 3.31. The Balaban J connectivity index is 2.11. The zero-order valence-corrected chi connectivity index (χ0v) is 13.8. The molecule has 2 rings (SSSR count). The molecule has 1 fully saturated rings. The van der Waals surface area contributed by atoms with E-state index in [0.717, 1.165) is 32.2 Å². The van der Waals surface area contributed by atoms with E-state index in [1.54, 1.807) is 0 Å². The van der Waals surface area contributed by atoms with Gasteiger partial charge in [-0.1, -0.05) is 11.6 Å². The summed E-state index contributed by atoms with van der Waals surface area (Å²) in [4.78, 5) is 14.3. The van der Waals surface area contributed by atoms with Crippen molar-refractivity contribution in [1.82, 2.24) is 4.90 Å². The van der Waals surface area contributed by atoms with Gasteiger partial charge in [-0.05, 0) is 53.6 Å². The Labute approximate surface area is 128 Å². The minimum atomic E-state index is -0.0733. The predicted octanol–water partition coefficient (Wildman–Crippen LogP) is 2.63. The largest absolute Gasteiger partial charge is 0.459 e. The summed E-state index contributed by atoms with van der Waals surface area (Å²) in [6.45, 7) is 5.60. The van der Waals surface area contributed by atoms with Crippen molar-refractivity contribution in [2.24, 2.45) is 11.8 Å². The molecule has 120 valence electrons. The summed E-state index contributed by atoms with van der Waals surface area (Å²) in [6.07, 6.45) is 6.63. The van der Waals surface area contributed by atoms with Crippen LogP contribution in [0.5, 0.6) is 0 Å². The highest BCUT2D eigenvalue weighted by molar-refractivity contribution is 5.75. The van der Waals surface area contributed by atoms with Crippen LogP contribution >= 0.6 is 0 Å². The fraction of sp³-hybridized carbons (Fsp3) is 0.824. The molecule has 1 saturated heterocycles. The van der Waals surface area contributed by atoms with Crippen LogP contribution in [0.4, 0.5) is 0 Å². The average molecular weight is 295 g/mol. The van der Waals surface area contributed by atoms with Crippen molar-refractivity contribution in [3.05, 3.63) is 11.6 Å². The molecule has 0 aromatic rings. The highest BCUT2D eigenvalue weighted by Gasteiger charge is 2.44. The number of hydrogen-bond acceptors (Lipinski definition) is 4. The lowest BCUT2D eigenvalue weighted by molar-refractivity contribution is -0.147. The summed E-state index contributed by atoms with van der Waals surface area (Å²) < 4.78 is 11.5. The third kappa shape index (κ3) is 4.55. The monoisotopic (exact) mass is 295 g/mol. The number of ether oxygens (including phenoxy) is 2. The first-order valence-electron chi connectivity index (χ1n) is 8.10. The van der Waals surface area contributed by atoms with Gasteiger partial charge in [0, 0.05) is 12.5 Å². The molecule has 0 N–H and O–H groups in total. The van der Waals surface area contributed by atoms with Gasteiger partial charge in [0.25, 0.3) is 0 Å². The first kappa shape index (κ1) is 16.5. The molecule has 0 amide bonds. The molecule has 0 radical (unpaired) electrons. The summed E-state index contributed by atoms with van der Waals surface area (Å²) in [7, 11) is 4.02. The van der Waals surface area contributed by atoms with Crippen molar-refractivity contribution in [3.8, 4) is 0 Å². The second-order valence-electron chi connectivity index (χ2n) is 6.82. The number of fused-ring (bicyclic) bond motifs is 1. The standard InChI is InChI=1S/C17H29NO3/c1-12-6-5-7-13(2)20-11-16-14(9-8-12)15(10-18(3)4)17(19)21-16/h6,13-16H,5,7-11H2,1-4H3. The van der Waals surface area contributed by atoms with E-state index >= 15 is 0 Å². The third-order valence-electron chi connectivity index (χ3n) is 4.61. The smallest absolute Gasteiger partial charge is 0.311 e. The maximum absolute atomic E-state index is 12.2. The van der Waals surface area contributed by atoms with Crippen molar-refractivity contribution in [1.29, 1.82) is 0 Å². The maximum Gasteiger partial charge on any atom is 0.311 e. The van der Waals surface area contributed by atoms with Gasteiger partial charge in [0.1, 0.15) is 6.10 Å². The Morgan fingerprint density at radius 1 is 1.33 bits per heavy atom. The lowest BCUT2D eigenvalue weighted by Gasteiger charge is -2.23. The molecule has 0 aromatic carbocycles. The zero-order chi connectivity index (χ0) is 15.4. The van der Waals surface area contributed by atoms with Crippen LogP contribution in [0, 0.1) is 11.8 Å². The SMILES string of the molecule is CC1=CCCC(C)OCC2OC(=O)C(CN(C)C)C2CC1. The van der Waals surface area contributed by atoms with E-state index in [4.69, 9.17) is 9.47 Å². The molecule has 0 aromatic heterocycles. The summed E-state index contributed by atoms with van der Waals surface area (Å²) in [5, 5.41) is 0. The van der Waals surface area contributed by atoms with Crippen LogP contribution in [0.25, 0.3) is 0 Å². The van der Waals surface area contributed by atoms with Gasteiger partial charge in [0.2, 0.25) is 0 Å². The number of allylic oxidation sites excluding steroid dienone is 2. The van der Waals surface area contributed by atoms with E-state index < -0.39 is 0 Å². The molecule has 4 nitrogen and oxygen atoms in total. The highest BCUT2D eigenvalue weighted by atomic mass is 16.6. The van der Waals surface area contributed by atoms with Gasteiger partial charge in [0.15, 0.2) is 0 Å². The molecule has 0 aliphatic carbocycles. The number of esters is 1. The minimum Gasteiger partial charge on any atom is -0.459 e. The lowest BCUT2D eigenvalue weighted by atomic mass is 9.85. The van der Waals surface area contributed by atoms with Crippen LogP contribution in [-0.4, -0.2) is 50.3 Å². The first-order chi connectivity index (χ1) is 9.97. The molecular formula is C17H29NO3. The van der Waals surface area contributed by atoms with Gasteiger partial charge in [-0.15, -0.1) is 0 Å². The Morgan fingerprint density at radius 2 is 2.10 bits per heavy atom. The lowest BCUT2D eigenvalue weighted by Crippen LogP contribution is -2.32. The Hall–Kier alpha value is -0.870. The first-order valence-corrected chi connectivity index (χ1v) is 8.10. The Kier molecular flexibility index (Phi) is 5.82. The van der Waals surface area contributed by atoms with E-state index in [0.29, 0.717) is 6.61 Å². The Bertz CT molecular complexity index is 391. The number of hydrogen-bond donors (Lipinski definition) is 0. The zero-order valence-electron chi connectivity index (χ0n) is 13.8. The van der Waals surface area contributed by atoms with Gasteiger partial charge in [-0.3, -0.25) is 4.79 Å². The van der Waals surface area contributed by atoms with Gasteiger partial charge < -0.3 is 14.4 Å². The summed E-state index contributed by atoms with van der Waals surface area (Å²) >= 11 is 0. The van der Waals surface area contributed by atoms with Gasteiger partial charge >= 0.3 is 5.97 Å². The van der Waals surface area contributed by atoms with E-state index in [1.165, 1.54) is 5.57 Å². The second-order valence-corrected chi connectivity index (χ2v) is 6.82. The number of nitrogens with zero attached hydrogens (tertiary/aromatic N) is 1.